The Hall–Kier alpha value is -1.76. The number of hydrogen-bond acceptors (Lipinski definition) is 7. The molecule has 30 heavy (non-hydrogen) atoms. The van der Waals surface area contributed by atoms with Crippen molar-refractivity contribution in [2.45, 2.75) is 37.8 Å². The minimum Gasteiger partial charge on any atom is -0.475 e. The SMILES string of the molecule is O=C(C[C@H]1C[C@H]2CN(Cc3nccs3)C[C@H]2O1)N1CCOCC1.O=C(O)C(F)(F)F. The Labute approximate surface area is 175 Å². The number of carbonyl (C=O) groups excluding carboxylic acids is 1. The first-order chi connectivity index (χ1) is 14.2. The highest BCUT2D eigenvalue weighted by atomic mass is 32.1. The van der Waals surface area contributed by atoms with E-state index in [1.165, 1.54) is 5.01 Å². The molecule has 1 N–H and O–H groups in total. The van der Waals surface area contributed by atoms with Crippen molar-refractivity contribution in [3.8, 4) is 0 Å². The maximum atomic E-state index is 12.3. The minimum absolute atomic E-state index is 0.0994. The van der Waals surface area contributed by atoms with Gasteiger partial charge in [0.15, 0.2) is 0 Å². The molecule has 12 heteroatoms. The van der Waals surface area contributed by atoms with Gasteiger partial charge in [0, 0.05) is 43.7 Å². The quantitative estimate of drug-likeness (QED) is 0.744. The molecular weight excluding hydrogens is 427 g/mol. The number of carboxylic acids is 1. The second-order valence-electron chi connectivity index (χ2n) is 7.41. The number of alkyl halides is 3. The lowest BCUT2D eigenvalue weighted by molar-refractivity contribution is -0.192. The maximum absolute atomic E-state index is 12.3. The number of rotatable bonds is 4. The van der Waals surface area contributed by atoms with Gasteiger partial charge in [-0.2, -0.15) is 13.2 Å². The summed E-state index contributed by atoms with van der Waals surface area (Å²) in [5.41, 5.74) is 0. The van der Waals surface area contributed by atoms with Crippen molar-refractivity contribution >= 4 is 23.2 Å². The van der Waals surface area contributed by atoms with Gasteiger partial charge >= 0.3 is 12.1 Å². The van der Waals surface area contributed by atoms with Crippen molar-refractivity contribution in [1.29, 1.82) is 0 Å². The summed E-state index contributed by atoms with van der Waals surface area (Å²) in [5.74, 6) is -1.97. The third-order valence-electron chi connectivity index (χ3n) is 5.24. The zero-order chi connectivity index (χ0) is 21.7. The van der Waals surface area contributed by atoms with Crippen molar-refractivity contribution in [2.24, 2.45) is 5.92 Å². The van der Waals surface area contributed by atoms with Crippen LogP contribution in [0.4, 0.5) is 13.2 Å². The minimum atomic E-state index is -5.08. The zero-order valence-corrected chi connectivity index (χ0v) is 17.0. The van der Waals surface area contributed by atoms with Crippen LogP contribution in [0.25, 0.3) is 0 Å². The van der Waals surface area contributed by atoms with E-state index in [2.05, 4.69) is 9.88 Å². The van der Waals surface area contributed by atoms with E-state index < -0.39 is 12.1 Å². The molecule has 4 heterocycles. The second-order valence-corrected chi connectivity index (χ2v) is 8.39. The molecule has 0 aromatic carbocycles. The van der Waals surface area contributed by atoms with Crippen LogP contribution in [0.15, 0.2) is 11.6 Å². The summed E-state index contributed by atoms with van der Waals surface area (Å²) in [6, 6.07) is 0. The Balaban J connectivity index is 0.000000318. The van der Waals surface area contributed by atoms with Crippen LogP contribution in [0.2, 0.25) is 0 Å². The molecule has 0 unspecified atom stereocenters. The van der Waals surface area contributed by atoms with Crippen molar-refractivity contribution in [3.63, 3.8) is 0 Å². The van der Waals surface area contributed by atoms with Crippen molar-refractivity contribution in [3.05, 3.63) is 16.6 Å². The predicted octanol–water partition coefficient (Wildman–Crippen LogP) is 1.61. The van der Waals surface area contributed by atoms with Crippen molar-refractivity contribution in [2.75, 3.05) is 39.4 Å². The number of morpholine rings is 1. The molecule has 8 nitrogen and oxygen atoms in total. The Morgan fingerprint density at radius 3 is 2.53 bits per heavy atom. The normalized spacial score (nSPS) is 26.8. The van der Waals surface area contributed by atoms with Crippen molar-refractivity contribution < 1.29 is 37.3 Å². The van der Waals surface area contributed by atoms with Crippen LogP contribution in [-0.2, 0) is 25.6 Å². The van der Waals surface area contributed by atoms with Gasteiger partial charge in [0.05, 0.1) is 38.4 Å². The molecule has 3 atom stereocenters. The lowest BCUT2D eigenvalue weighted by Gasteiger charge is -2.28. The number of likely N-dealkylation sites (tertiary alicyclic amines) is 1. The fraction of sp³-hybridized carbons (Fsp3) is 0.722. The largest absolute Gasteiger partial charge is 0.490 e. The van der Waals surface area contributed by atoms with E-state index in [1.807, 2.05) is 16.5 Å². The number of carboxylic acid groups (broad SMARTS) is 1. The lowest BCUT2D eigenvalue weighted by Crippen LogP contribution is -2.42. The van der Waals surface area contributed by atoms with Gasteiger partial charge in [0.2, 0.25) is 5.91 Å². The Kier molecular flexibility index (Phi) is 7.66. The average molecular weight is 451 g/mol. The van der Waals surface area contributed by atoms with Gasteiger partial charge in [-0.1, -0.05) is 0 Å². The van der Waals surface area contributed by atoms with Crippen LogP contribution in [-0.4, -0.2) is 89.5 Å². The topological polar surface area (TPSA) is 92.2 Å². The number of ether oxygens (including phenoxy) is 2. The summed E-state index contributed by atoms with van der Waals surface area (Å²) in [4.78, 5) is 29.9. The van der Waals surface area contributed by atoms with Gasteiger partial charge in [0.1, 0.15) is 5.01 Å². The number of amides is 1. The molecule has 0 radical (unpaired) electrons. The van der Waals surface area contributed by atoms with E-state index in [1.54, 1.807) is 11.3 Å². The Morgan fingerprint density at radius 1 is 1.27 bits per heavy atom. The van der Waals surface area contributed by atoms with E-state index in [-0.39, 0.29) is 18.1 Å². The molecule has 4 rings (SSSR count). The van der Waals surface area contributed by atoms with Crippen LogP contribution in [0.3, 0.4) is 0 Å². The van der Waals surface area contributed by atoms with E-state index in [4.69, 9.17) is 19.4 Å². The van der Waals surface area contributed by atoms with E-state index in [0.29, 0.717) is 25.6 Å². The maximum Gasteiger partial charge on any atom is 0.490 e. The average Bonchev–Trinajstić information content (AvgIpc) is 3.39. The smallest absolute Gasteiger partial charge is 0.475 e. The highest BCUT2D eigenvalue weighted by Crippen LogP contribution is 2.35. The molecule has 3 aliphatic heterocycles. The summed E-state index contributed by atoms with van der Waals surface area (Å²) in [7, 11) is 0. The summed E-state index contributed by atoms with van der Waals surface area (Å²) in [6.07, 6.45) is -1.30. The monoisotopic (exact) mass is 451 g/mol. The fourth-order valence-corrected chi connectivity index (χ4v) is 4.53. The van der Waals surface area contributed by atoms with Gasteiger partial charge in [-0.15, -0.1) is 11.3 Å². The van der Waals surface area contributed by atoms with Crippen LogP contribution in [0.5, 0.6) is 0 Å². The highest BCUT2D eigenvalue weighted by Gasteiger charge is 2.42. The van der Waals surface area contributed by atoms with Gasteiger partial charge < -0.3 is 19.5 Å². The number of aromatic nitrogens is 1. The first-order valence-corrected chi connectivity index (χ1v) is 10.5. The highest BCUT2D eigenvalue weighted by molar-refractivity contribution is 7.09. The molecule has 3 saturated heterocycles. The molecule has 1 aromatic heterocycles. The molecule has 1 aromatic rings. The van der Waals surface area contributed by atoms with Crippen LogP contribution in [0.1, 0.15) is 17.8 Å². The molecule has 0 spiro atoms. The van der Waals surface area contributed by atoms with Crippen LogP contribution < -0.4 is 0 Å². The molecule has 0 bridgehead atoms. The summed E-state index contributed by atoms with van der Waals surface area (Å²) in [5, 5.41) is 10.3. The third-order valence-corrected chi connectivity index (χ3v) is 6.00. The number of thiazole rings is 1. The number of halogens is 3. The first-order valence-electron chi connectivity index (χ1n) is 9.64. The standard InChI is InChI=1S/C16H23N3O3S.C2HF3O2/c20-16(19-2-4-21-5-3-19)8-13-7-12-9-18(10-14(12)22-13)11-15-17-1-6-23-15;3-2(4,5)1(6)7/h1,6,12-14H,2-5,7-11H2;(H,6,7)/t12-,13+,14+;/m0./s1. The van der Waals surface area contributed by atoms with E-state index in [9.17, 15) is 18.0 Å². The van der Waals surface area contributed by atoms with Crippen LogP contribution in [0, 0.1) is 5.92 Å². The zero-order valence-electron chi connectivity index (χ0n) is 16.2. The number of carbonyl (C=O) groups is 2. The molecule has 3 fully saturated rings. The van der Waals surface area contributed by atoms with E-state index in [0.717, 1.165) is 39.1 Å². The second kappa shape index (κ2) is 10.0. The molecular formula is C18H24F3N3O5S. The number of fused-ring (bicyclic) bond motifs is 1. The molecule has 3 aliphatic rings. The number of hydrogen-bond donors (Lipinski definition) is 1. The van der Waals surface area contributed by atoms with E-state index >= 15 is 0 Å². The Morgan fingerprint density at radius 2 is 1.97 bits per heavy atom. The van der Waals surface area contributed by atoms with Gasteiger partial charge in [-0.3, -0.25) is 9.69 Å². The molecule has 0 aliphatic carbocycles. The lowest BCUT2D eigenvalue weighted by atomic mass is 10.0. The number of nitrogens with zero attached hydrogens (tertiary/aromatic N) is 3. The summed E-state index contributed by atoms with van der Waals surface area (Å²) >= 11 is 1.71. The first kappa shape index (κ1) is 22.9. The summed E-state index contributed by atoms with van der Waals surface area (Å²) < 4.78 is 43.2. The molecule has 1 amide bonds. The van der Waals surface area contributed by atoms with Gasteiger partial charge in [-0.05, 0) is 6.42 Å². The Bertz CT molecular complexity index is 698. The third kappa shape index (κ3) is 6.37. The van der Waals surface area contributed by atoms with Crippen LogP contribution >= 0.6 is 11.3 Å². The van der Waals surface area contributed by atoms with Crippen molar-refractivity contribution in [1.82, 2.24) is 14.8 Å². The summed E-state index contributed by atoms with van der Waals surface area (Å²) in [6.45, 7) is 5.72. The fourth-order valence-electron chi connectivity index (χ4n) is 3.87. The number of aliphatic carboxylic acids is 1. The molecule has 0 saturated carbocycles. The van der Waals surface area contributed by atoms with Gasteiger partial charge in [-0.25, -0.2) is 9.78 Å². The predicted molar refractivity (Wildman–Crippen MR) is 99.9 cm³/mol. The molecule has 168 valence electrons. The van der Waals surface area contributed by atoms with Gasteiger partial charge in [0.25, 0.3) is 0 Å².